The fourth-order valence-corrected chi connectivity index (χ4v) is 0.713. The highest BCUT2D eigenvalue weighted by Crippen LogP contribution is 2.08. The molecule has 0 saturated heterocycles. The van der Waals surface area contributed by atoms with Crippen molar-refractivity contribution in [1.29, 1.82) is 0 Å². The minimum atomic E-state index is 0.944. The highest BCUT2D eigenvalue weighted by atomic mass is 15.0. The summed E-state index contributed by atoms with van der Waals surface area (Å²) in [7, 11) is 0. The molecule has 1 rings (SSSR count). The molecule has 0 saturated carbocycles. The van der Waals surface area contributed by atoms with Crippen LogP contribution in [0.2, 0.25) is 0 Å². The van der Waals surface area contributed by atoms with Crippen molar-refractivity contribution in [1.82, 2.24) is 5.32 Å². The lowest BCUT2D eigenvalue weighted by Crippen LogP contribution is -2.02. The molecule has 0 amide bonds. The Morgan fingerprint density at radius 1 is 1.33 bits per heavy atom. The van der Waals surface area contributed by atoms with E-state index in [-0.39, 0.29) is 0 Å². The van der Waals surface area contributed by atoms with Crippen LogP contribution in [0, 0.1) is 0 Å². The summed E-state index contributed by atoms with van der Waals surface area (Å²) in [6, 6.07) is 0. The first-order valence-corrected chi connectivity index (χ1v) is 3.34. The molecule has 1 aliphatic rings. The van der Waals surface area contributed by atoms with Gasteiger partial charge in [0.15, 0.2) is 0 Å². The second kappa shape index (κ2) is 2.67. The van der Waals surface area contributed by atoms with Gasteiger partial charge in [-0.15, -0.1) is 0 Å². The molecule has 0 bridgehead atoms. The zero-order valence-corrected chi connectivity index (χ0v) is 5.89. The molecule has 1 heterocycles. The van der Waals surface area contributed by atoms with Gasteiger partial charge in [0.1, 0.15) is 5.84 Å². The third kappa shape index (κ3) is 1.31. The van der Waals surface area contributed by atoms with Gasteiger partial charge in [-0.2, -0.15) is 0 Å². The molecule has 9 heavy (non-hydrogen) atoms. The van der Waals surface area contributed by atoms with Gasteiger partial charge in [-0.3, -0.25) is 0 Å². The molecule has 1 radical (unpaired) electrons. The van der Waals surface area contributed by atoms with Gasteiger partial charge in [-0.05, 0) is 6.42 Å². The Labute approximate surface area is 55.7 Å². The van der Waals surface area contributed by atoms with E-state index in [0.717, 1.165) is 24.4 Å². The van der Waals surface area contributed by atoms with Gasteiger partial charge in [-0.1, -0.05) is 13.8 Å². The number of aliphatic imine (C=N–C) groups is 1. The molecular formula is C7H11N2. The van der Waals surface area contributed by atoms with E-state index in [2.05, 4.69) is 24.2 Å². The van der Waals surface area contributed by atoms with Crippen LogP contribution in [0.15, 0.2) is 16.9 Å². The van der Waals surface area contributed by atoms with Crippen molar-refractivity contribution in [3.8, 4) is 0 Å². The first-order valence-electron chi connectivity index (χ1n) is 3.34. The van der Waals surface area contributed by atoms with Crippen LogP contribution in [0.25, 0.3) is 0 Å². The van der Waals surface area contributed by atoms with Crippen molar-refractivity contribution in [2.75, 3.05) is 0 Å². The summed E-state index contributed by atoms with van der Waals surface area (Å²) in [6.07, 6.45) is 3.78. The van der Waals surface area contributed by atoms with Crippen LogP contribution in [0.3, 0.4) is 0 Å². The molecule has 0 aromatic heterocycles. The van der Waals surface area contributed by atoms with Crippen LogP contribution in [0.4, 0.5) is 0 Å². The second-order valence-corrected chi connectivity index (χ2v) is 1.98. The summed E-state index contributed by atoms with van der Waals surface area (Å²) in [5.41, 5.74) is 1.10. The van der Waals surface area contributed by atoms with Crippen molar-refractivity contribution in [2.24, 2.45) is 4.99 Å². The predicted octanol–water partition coefficient (Wildman–Crippen LogP) is 1.66. The van der Waals surface area contributed by atoms with E-state index in [4.69, 9.17) is 0 Å². The smallest absolute Gasteiger partial charge is 0.128 e. The Bertz CT molecular complexity index is 156. The Balaban J connectivity index is 2.52. The maximum absolute atomic E-state index is 4.24. The largest absolute Gasteiger partial charge is 0.240 e. The highest BCUT2D eigenvalue weighted by Gasteiger charge is 2.04. The minimum absolute atomic E-state index is 0.944. The van der Waals surface area contributed by atoms with Gasteiger partial charge in [0, 0.05) is 6.42 Å². The fraction of sp³-hybridized carbons (Fsp3) is 0.571. The van der Waals surface area contributed by atoms with Gasteiger partial charge < -0.3 is 0 Å². The van der Waals surface area contributed by atoms with Crippen molar-refractivity contribution >= 4 is 5.84 Å². The zero-order valence-electron chi connectivity index (χ0n) is 5.89. The minimum Gasteiger partial charge on any atom is -0.240 e. The molecule has 2 nitrogen and oxygen atoms in total. The third-order valence-electron chi connectivity index (χ3n) is 1.31. The Hall–Kier alpha value is -0.790. The molecule has 0 aliphatic carbocycles. The summed E-state index contributed by atoms with van der Waals surface area (Å²) in [5, 5.41) is 4.09. The van der Waals surface area contributed by atoms with Gasteiger partial charge in [0.05, 0.1) is 11.9 Å². The average Bonchev–Trinajstić information content (AvgIpc) is 2.34. The lowest BCUT2D eigenvalue weighted by molar-refractivity contribution is 1.07. The molecule has 0 atom stereocenters. The normalized spacial score (nSPS) is 16.7. The summed E-state index contributed by atoms with van der Waals surface area (Å²) in [4.78, 5) is 4.24. The van der Waals surface area contributed by atoms with Crippen molar-refractivity contribution in [3.63, 3.8) is 0 Å². The molecule has 49 valence electrons. The Morgan fingerprint density at radius 2 is 2.11 bits per heavy atom. The molecule has 0 N–H and O–H groups in total. The van der Waals surface area contributed by atoms with Gasteiger partial charge in [0.25, 0.3) is 0 Å². The summed E-state index contributed by atoms with van der Waals surface area (Å²) in [5.74, 6) is 0.965. The first kappa shape index (κ1) is 6.33. The molecule has 0 aromatic carbocycles. The van der Waals surface area contributed by atoms with Crippen LogP contribution in [0.1, 0.15) is 26.7 Å². The predicted molar refractivity (Wildman–Crippen MR) is 38.2 cm³/mol. The molecule has 0 spiro atoms. The molecule has 1 aliphatic heterocycles. The summed E-state index contributed by atoms with van der Waals surface area (Å²) >= 11 is 0. The van der Waals surface area contributed by atoms with Crippen LogP contribution in [-0.2, 0) is 0 Å². The van der Waals surface area contributed by atoms with Crippen molar-refractivity contribution in [3.05, 3.63) is 11.9 Å². The zero-order chi connectivity index (χ0) is 6.69. The number of amidine groups is 1. The number of nitrogens with zero attached hydrogens (tertiary/aromatic N) is 2. The van der Waals surface area contributed by atoms with E-state index in [1.165, 1.54) is 0 Å². The lowest BCUT2D eigenvalue weighted by atomic mass is 10.4. The quantitative estimate of drug-likeness (QED) is 0.534. The van der Waals surface area contributed by atoms with Crippen LogP contribution >= 0.6 is 0 Å². The Morgan fingerprint density at radius 3 is 2.44 bits per heavy atom. The maximum atomic E-state index is 4.24. The third-order valence-corrected chi connectivity index (χ3v) is 1.31. The van der Waals surface area contributed by atoms with Crippen molar-refractivity contribution in [2.45, 2.75) is 26.7 Å². The van der Waals surface area contributed by atoms with Crippen LogP contribution in [0.5, 0.6) is 0 Å². The van der Waals surface area contributed by atoms with Crippen molar-refractivity contribution < 1.29 is 0 Å². The van der Waals surface area contributed by atoms with Crippen LogP contribution in [-0.4, -0.2) is 5.84 Å². The van der Waals surface area contributed by atoms with Crippen LogP contribution < -0.4 is 5.32 Å². The number of hydrogen-bond donors (Lipinski definition) is 0. The molecule has 0 unspecified atom stereocenters. The highest BCUT2D eigenvalue weighted by molar-refractivity contribution is 5.85. The number of allylic oxidation sites excluding steroid dienone is 1. The second-order valence-electron chi connectivity index (χ2n) is 1.98. The van der Waals surface area contributed by atoms with Gasteiger partial charge >= 0.3 is 0 Å². The number of hydrogen-bond acceptors (Lipinski definition) is 1. The molecule has 2 heteroatoms. The van der Waals surface area contributed by atoms with E-state index in [0.29, 0.717) is 0 Å². The first-order chi connectivity index (χ1) is 4.36. The van der Waals surface area contributed by atoms with Gasteiger partial charge in [-0.25, -0.2) is 10.3 Å². The number of rotatable bonds is 2. The summed E-state index contributed by atoms with van der Waals surface area (Å²) in [6.45, 7) is 4.15. The fourth-order valence-electron chi connectivity index (χ4n) is 0.713. The average molecular weight is 123 g/mol. The molecular weight excluding hydrogens is 112 g/mol. The summed E-state index contributed by atoms with van der Waals surface area (Å²) < 4.78 is 0. The Kier molecular flexibility index (Phi) is 1.88. The standard InChI is InChI=1S/C7H11N2/c1-3-6-5-8-7(4-2)9-6/h5H,3-4H2,1-2H3. The topological polar surface area (TPSA) is 26.5 Å². The molecule has 0 fully saturated rings. The van der Waals surface area contributed by atoms with Gasteiger partial charge in [0.2, 0.25) is 0 Å². The monoisotopic (exact) mass is 123 g/mol. The van der Waals surface area contributed by atoms with E-state index >= 15 is 0 Å². The maximum Gasteiger partial charge on any atom is 0.128 e. The van der Waals surface area contributed by atoms with E-state index in [1.54, 1.807) is 0 Å². The lowest BCUT2D eigenvalue weighted by Gasteiger charge is -1.88. The molecule has 0 aromatic rings. The van der Waals surface area contributed by atoms with E-state index in [9.17, 15) is 0 Å². The van der Waals surface area contributed by atoms with E-state index < -0.39 is 0 Å². The van der Waals surface area contributed by atoms with E-state index in [1.807, 2.05) is 6.20 Å². The SMILES string of the molecule is CCC1=C[N]C(CC)=N1.